The van der Waals surface area contributed by atoms with Gasteiger partial charge in [0.25, 0.3) is 0 Å². The molecule has 10 heteroatoms. The van der Waals surface area contributed by atoms with E-state index in [2.05, 4.69) is 15.6 Å². The lowest BCUT2D eigenvalue weighted by molar-refractivity contribution is 0.336. The van der Waals surface area contributed by atoms with Crippen LogP contribution in [-0.2, 0) is 23.1 Å². The van der Waals surface area contributed by atoms with Crippen molar-refractivity contribution in [1.82, 2.24) is 10.6 Å². The second-order valence-corrected chi connectivity index (χ2v) is 8.04. The minimum atomic E-state index is -3.65. The number of sulfonamides is 1. The zero-order valence-electron chi connectivity index (χ0n) is 14.6. The van der Waals surface area contributed by atoms with Crippen LogP contribution in [0, 0.1) is 0 Å². The van der Waals surface area contributed by atoms with Crippen LogP contribution in [0.5, 0.6) is 5.75 Å². The van der Waals surface area contributed by atoms with Crippen molar-refractivity contribution in [3.8, 4) is 5.75 Å². The number of aliphatic imine (C=N–C) groups is 1. The molecule has 0 unspecified atom stereocenters. The molecule has 144 valence electrons. The Kier molecular flexibility index (Phi) is 9.33. The third-order valence-corrected chi connectivity index (χ3v) is 5.81. The zero-order chi connectivity index (χ0) is 18.3. The van der Waals surface area contributed by atoms with Crippen LogP contribution in [0.2, 0.25) is 0 Å². The third kappa shape index (κ3) is 6.74. The van der Waals surface area contributed by atoms with Crippen LogP contribution < -0.4 is 20.5 Å². The van der Waals surface area contributed by atoms with Crippen LogP contribution in [0.1, 0.15) is 17.4 Å². The van der Waals surface area contributed by atoms with Crippen LogP contribution in [0.25, 0.3) is 0 Å². The smallest absolute Gasteiger partial charge is 0.247 e. The lowest BCUT2D eigenvalue weighted by Gasteiger charge is -2.14. The van der Waals surface area contributed by atoms with Gasteiger partial charge in [-0.15, -0.1) is 35.3 Å². The van der Waals surface area contributed by atoms with Crippen molar-refractivity contribution in [2.24, 2.45) is 10.1 Å². The van der Waals surface area contributed by atoms with Gasteiger partial charge in [-0.05, 0) is 25.1 Å². The Labute approximate surface area is 175 Å². The van der Waals surface area contributed by atoms with Gasteiger partial charge in [-0.3, -0.25) is 4.99 Å². The van der Waals surface area contributed by atoms with Gasteiger partial charge in [-0.1, -0.05) is 18.2 Å². The minimum absolute atomic E-state index is 0. The number of ether oxygens (including phenoxy) is 1. The SMILES string of the molecule is CCOc1ccccc1CNC(=NC)NCc1ccc(S(N)(=O)=O)s1.I. The lowest BCUT2D eigenvalue weighted by atomic mass is 10.2. The molecule has 26 heavy (non-hydrogen) atoms. The largest absolute Gasteiger partial charge is 0.494 e. The van der Waals surface area contributed by atoms with E-state index < -0.39 is 10.0 Å². The summed E-state index contributed by atoms with van der Waals surface area (Å²) >= 11 is 1.14. The molecule has 0 aliphatic rings. The molecule has 0 radical (unpaired) electrons. The van der Waals surface area contributed by atoms with Crippen LogP contribution in [-0.4, -0.2) is 28.0 Å². The Balaban J connectivity index is 0.00000338. The van der Waals surface area contributed by atoms with Gasteiger partial charge in [0.1, 0.15) is 9.96 Å². The molecule has 0 spiro atoms. The van der Waals surface area contributed by atoms with Crippen LogP contribution in [0.4, 0.5) is 0 Å². The van der Waals surface area contributed by atoms with Crippen molar-refractivity contribution in [2.45, 2.75) is 24.2 Å². The number of hydrogen-bond acceptors (Lipinski definition) is 5. The van der Waals surface area contributed by atoms with E-state index in [1.807, 2.05) is 31.2 Å². The average molecular weight is 510 g/mol. The van der Waals surface area contributed by atoms with Gasteiger partial charge < -0.3 is 15.4 Å². The summed E-state index contributed by atoms with van der Waals surface area (Å²) in [5, 5.41) is 11.5. The quantitative estimate of drug-likeness (QED) is 0.301. The van der Waals surface area contributed by atoms with Crippen molar-refractivity contribution < 1.29 is 13.2 Å². The highest BCUT2D eigenvalue weighted by Gasteiger charge is 2.11. The molecule has 2 rings (SSSR count). The molecule has 0 amide bonds. The monoisotopic (exact) mass is 510 g/mol. The van der Waals surface area contributed by atoms with Crippen molar-refractivity contribution in [2.75, 3.05) is 13.7 Å². The first-order valence-electron chi connectivity index (χ1n) is 7.70. The zero-order valence-corrected chi connectivity index (χ0v) is 18.5. The number of benzene rings is 1. The van der Waals surface area contributed by atoms with Gasteiger partial charge in [-0.25, -0.2) is 13.6 Å². The first kappa shape index (κ1) is 22.7. The number of nitrogens with zero attached hydrogens (tertiary/aromatic N) is 1. The van der Waals surface area contributed by atoms with Crippen molar-refractivity contribution in [3.05, 3.63) is 46.8 Å². The first-order chi connectivity index (χ1) is 11.9. The maximum atomic E-state index is 11.3. The van der Waals surface area contributed by atoms with E-state index in [1.165, 1.54) is 6.07 Å². The number of nitrogens with two attached hydrogens (primary N) is 1. The normalized spacial score (nSPS) is 11.6. The van der Waals surface area contributed by atoms with E-state index in [4.69, 9.17) is 9.88 Å². The number of hydrogen-bond donors (Lipinski definition) is 3. The van der Waals surface area contributed by atoms with E-state index in [0.717, 1.165) is 27.5 Å². The fourth-order valence-electron chi connectivity index (χ4n) is 2.12. The predicted octanol–water partition coefficient (Wildman–Crippen LogP) is 2.28. The first-order valence-corrected chi connectivity index (χ1v) is 10.1. The second kappa shape index (κ2) is 10.7. The van der Waals surface area contributed by atoms with Gasteiger partial charge in [0.2, 0.25) is 10.0 Å². The fourth-order valence-corrected chi connectivity index (χ4v) is 3.84. The van der Waals surface area contributed by atoms with E-state index >= 15 is 0 Å². The Morgan fingerprint density at radius 3 is 2.50 bits per heavy atom. The number of halogens is 1. The number of rotatable bonds is 7. The van der Waals surface area contributed by atoms with E-state index in [-0.39, 0.29) is 28.2 Å². The molecule has 0 saturated heterocycles. The summed E-state index contributed by atoms with van der Waals surface area (Å²) in [5.74, 6) is 1.45. The highest BCUT2D eigenvalue weighted by atomic mass is 127. The van der Waals surface area contributed by atoms with Gasteiger partial charge >= 0.3 is 0 Å². The van der Waals surface area contributed by atoms with Crippen LogP contribution >= 0.6 is 35.3 Å². The molecule has 7 nitrogen and oxygen atoms in total. The molecule has 0 aliphatic carbocycles. The summed E-state index contributed by atoms with van der Waals surface area (Å²) in [4.78, 5) is 5.01. The molecular weight excluding hydrogens is 487 g/mol. The number of primary sulfonamides is 1. The fraction of sp³-hybridized carbons (Fsp3) is 0.312. The number of guanidine groups is 1. The van der Waals surface area contributed by atoms with Gasteiger partial charge in [0.15, 0.2) is 5.96 Å². The van der Waals surface area contributed by atoms with Crippen molar-refractivity contribution >= 4 is 51.3 Å². The summed E-state index contributed by atoms with van der Waals surface area (Å²) in [6.07, 6.45) is 0. The summed E-state index contributed by atoms with van der Waals surface area (Å²) in [6, 6.07) is 11.0. The van der Waals surface area contributed by atoms with Crippen molar-refractivity contribution in [1.29, 1.82) is 0 Å². The molecule has 0 atom stereocenters. The molecule has 1 aromatic heterocycles. The standard InChI is InChI=1S/C16H22N4O3S2.HI/c1-3-23-14-7-5-4-6-12(14)10-19-16(18-2)20-11-13-8-9-15(24-13)25(17,21)22;/h4-9H,3,10-11H2,1-2H3,(H2,17,21,22)(H2,18,19,20);1H. The van der Waals surface area contributed by atoms with Crippen molar-refractivity contribution in [3.63, 3.8) is 0 Å². The summed E-state index contributed by atoms with van der Waals surface area (Å²) in [7, 11) is -1.98. The Morgan fingerprint density at radius 1 is 1.19 bits per heavy atom. The van der Waals surface area contributed by atoms with Crippen LogP contribution in [0.3, 0.4) is 0 Å². The van der Waals surface area contributed by atoms with Gasteiger partial charge in [0.05, 0.1) is 13.2 Å². The average Bonchev–Trinajstić information content (AvgIpc) is 3.06. The van der Waals surface area contributed by atoms with E-state index in [9.17, 15) is 8.42 Å². The molecule has 4 N–H and O–H groups in total. The van der Waals surface area contributed by atoms with E-state index in [0.29, 0.717) is 25.7 Å². The summed E-state index contributed by atoms with van der Waals surface area (Å²) in [5.41, 5.74) is 1.03. The molecular formula is C16H23IN4O3S2. The Hall–Kier alpha value is -1.37. The Bertz CT molecular complexity index is 838. The Morgan fingerprint density at radius 2 is 1.88 bits per heavy atom. The number of thiophene rings is 1. The maximum Gasteiger partial charge on any atom is 0.247 e. The number of nitrogens with one attached hydrogen (secondary N) is 2. The molecule has 0 saturated carbocycles. The van der Waals surface area contributed by atoms with Gasteiger partial charge in [0, 0.05) is 24.0 Å². The molecule has 0 aliphatic heterocycles. The summed E-state index contributed by atoms with van der Waals surface area (Å²) in [6.45, 7) is 3.56. The minimum Gasteiger partial charge on any atom is -0.494 e. The second-order valence-electron chi connectivity index (χ2n) is 5.09. The molecule has 0 fully saturated rings. The molecule has 2 aromatic rings. The molecule has 1 aromatic carbocycles. The molecule has 1 heterocycles. The topological polar surface area (TPSA) is 106 Å². The number of para-hydroxylation sites is 1. The third-order valence-electron chi connectivity index (χ3n) is 3.29. The van der Waals surface area contributed by atoms with Crippen LogP contribution in [0.15, 0.2) is 45.6 Å². The predicted molar refractivity (Wildman–Crippen MR) is 116 cm³/mol. The van der Waals surface area contributed by atoms with E-state index in [1.54, 1.807) is 13.1 Å². The maximum absolute atomic E-state index is 11.3. The highest BCUT2D eigenvalue weighted by molar-refractivity contribution is 14.0. The summed E-state index contributed by atoms with van der Waals surface area (Å²) < 4.78 is 28.4. The molecule has 0 bridgehead atoms. The highest BCUT2D eigenvalue weighted by Crippen LogP contribution is 2.20. The lowest BCUT2D eigenvalue weighted by Crippen LogP contribution is -2.36. The van der Waals surface area contributed by atoms with Gasteiger partial charge in [-0.2, -0.15) is 0 Å².